The molecule has 0 amide bonds. The summed E-state index contributed by atoms with van der Waals surface area (Å²) < 4.78 is 0. The van der Waals surface area contributed by atoms with Crippen molar-refractivity contribution < 1.29 is 15.0 Å². The molecule has 2 N–H and O–H groups in total. The molecule has 52 valence electrons. The van der Waals surface area contributed by atoms with Crippen molar-refractivity contribution in [2.24, 2.45) is 0 Å². The minimum atomic E-state index is -1.83. The number of hydrogen-bond donors (Lipinski definition) is 2. The quantitative estimate of drug-likeness (QED) is 0.490. The van der Waals surface area contributed by atoms with Crippen molar-refractivity contribution in [1.29, 1.82) is 0 Å². The summed E-state index contributed by atoms with van der Waals surface area (Å²) in [6.07, 6.45) is -0.851. The normalized spacial score (nSPS) is 5.56. The van der Waals surface area contributed by atoms with E-state index in [2.05, 4.69) is 11.8 Å². The first-order chi connectivity index (χ1) is 4.15. The minimum Gasteiger partial charge on any atom is -0.450 e. The van der Waals surface area contributed by atoms with Crippen LogP contribution in [0.4, 0.5) is 4.79 Å². The fraction of sp³-hybridized carbons (Fsp3) is 0.500. The van der Waals surface area contributed by atoms with Crippen LogP contribution in [0.5, 0.6) is 0 Å². The van der Waals surface area contributed by atoms with Crippen LogP contribution in [0.25, 0.3) is 0 Å². The van der Waals surface area contributed by atoms with Gasteiger partial charge in [-0.2, -0.15) is 0 Å². The van der Waals surface area contributed by atoms with E-state index in [1.54, 1.807) is 0 Å². The molecular formula is C6H10O3. The molecule has 0 atom stereocenters. The Kier molecular flexibility index (Phi) is 11.9. The van der Waals surface area contributed by atoms with Crippen molar-refractivity contribution in [1.82, 2.24) is 0 Å². The first-order valence-corrected chi connectivity index (χ1v) is 2.46. The zero-order valence-corrected chi connectivity index (χ0v) is 5.51. The van der Waals surface area contributed by atoms with E-state index in [0.29, 0.717) is 0 Å². The molecule has 0 aliphatic heterocycles. The van der Waals surface area contributed by atoms with Crippen LogP contribution in [0, 0.1) is 11.8 Å². The van der Waals surface area contributed by atoms with E-state index in [1.807, 2.05) is 13.8 Å². The van der Waals surface area contributed by atoms with Crippen LogP contribution in [-0.2, 0) is 0 Å². The second-order valence-electron chi connectivity index (χ2n) is 1.06. The van der Waals surface area contributed by atoms with Crippen LogP contribution in [0.2, 0.25) is 0 Å². The Bertz CT molecular complexity index is 114. The number of carboxylic acid groups (broad SMARTS) is 2. The molecule has 0 saturated carbocycles. The third-order valence-electron chi connectivity index (χ3n) is 0.354. The molecule has 0 aliphatic carbocycles. The van der Waals surface area contributed by atoms with Gasteiger partial charge in [0.2, 0.25) is 0 Å². The Morgan fingerprint density at radius 3 is 1.89 bits per heavy atom. The molecule has 0 heterocycles. The van der Waals surface area contributed by atoms with E-state index in [4.69, 9.17) is 15.0 Å². The molecule has 3 nitrogen and oxygen atoms in total. The van der Waals surface area contributed by atoms with Crippen molar-refractivity contribution >= 4 is 6.16 Å². The smallest absolute Gasteiger partial charge is 0.450 e. The number of hydrogen-bond acceptors (Lipinski definition) is 1. The average molecular weight is 130 g/mol. The van der Waals surface area contributed by atoms with Gasteiger partial charge in [0.25, 0.3) is 0 Å². The fourth-order valence-corrected chi connectivity index (χ4v) is 0.177. The first kappa shape index (κ1) is 10.7. The van der Waals surface area contributed by atoms with Gasteiger partial charge in [0.05, 0.1) is 0 Å². The van der Waals surface area contributed by atoms with E-state index >= 15 is 0 Å². The lowest BCUT2D eigenvalue weighted by atomic mass is 10.5. The summed E-state index contributed by atoms with van der Waals surface area (Å²) in [5.41, 5.74) is 0. The van der Waals surface area contributed by atoms with Gasteiger partial charge < -0.3 is 10.2 Å². The summed E-state index contributed by atoms with van der Waals surface area (Å²) in [6.45, 7) is 3.89. The predicted molar refractivity (Wildman–Crippen MR) is 34.4 cm³/mol. The third kappa shape index (κ3) is 231. The van der Waals surface area contributed by atoms with Crippen LogP contribution in [0.1, 0.15) is 20.3 Å². The van der Waals surface area contributed by atoms with Gasteiger partial charge in [0.15, 0.2) is 0 Å². The van der Waals surface area contributed by atoms with Crippen molar-refractivity contribution in [3.8, 4) is 11.8 Å². The van der Waals surface area contributed by atoms with E-state index < -0.39 is 6.16 Å². The molecular weight excluding hydrogens is 120 g/mol. The van der Waals surface area contributed by atoms with Crippen molar-refractivity contribution in [2.45, 2.75) is 20.3 Å². The van der Waals surface area contributed by atoms with E-state index in [1.165, 1.54) is 0 Å². The van der Waals surface area contributed by atoms with Gasteiger partial charge in [-0.05, 0) is 6.92 Å². The summed E-state index contributed by atoms with van der Waals surface area (Å²) in [5.74, 6) is 5.63. The summed E-state index contributed by atoms with van der Waals surface area (Å²) in [5, 5.41) is 13.9. The molecule has 0 fully saturated rings. The first-order valence-electron chi connectivity index (χ1n) is 2.46. The molecule has 0 unspecified atom stereocenters. The highest BCUT2D eigenvalue weighted by molar-refractivity contribution is 5.53. The molecule has 0 radical (unpaired) electrons. The fourth-order valence-electron chi connectivity index (χ4n) is 0.177. The van der Waals surface area contributed by atoms with Crippen LogP contribution in [0.3, 0.4) is 0 Å². The van der Waals surface area contributed by atoms with Crippen molar-refractivity contribution in [3.63, 3.8) is 0 Å². The Labute approximate surface area is 54.3 Å². The molecule has 0 aromatic rings. The van der Waals surface area contributed by atoms with Crippen molar-refractivity contribution in [2.75, 3.05) is 0 Å². The van der Waals surface area contributed by atoms with Gasteiger partial charge in [-0.25, -0.2) is 4.79 Å². The molecule has 0 aromatic carbocycles. The van der Waals surface area contributed by atoms with Crippen LogP contribution < -0.4 is 0 Å². The van der Waals surface area contributed by atoms with Gasteiger partial charge in [0, 0.05) is 6.42 Å². The molecule has 0 aliphatic rings. The van der Waals surface area contributed by atoms with E-state index in [9.17, 15) is 0 Å². The Morgan fingerprint density at radius 2 is 1.89 bits per heavy atom. The Morgan fingerprint density at radius 1 is 1.56 bits per heavy atom. The third-order valence-corrected chi connectivity index (χ3v) is 0.354. The average Bonchev–Trinajstić information content (AvgIpc) is 1.66. The summed E-state index contributed by atoms with van der Waals surface area (Å²) in [4.78, 5) is 8.56. The molecule has 0 aromatic heterocycles. The molecule has 0 spiro atoms. The molecule has 0 rings (SSSR count). The number of carbonyl (C=O) groups is 1. The second kappa shape index (κ2) is 9.95. The van der Waals surface area contributed by atoms with Gasteiger partial charge >= 0.3 is 6.16 Å². The van der Waals surface area contributed by atoms with Gasteiger partial charge in [-0.15, -0.1) is 11.8 Å². The van der Waals surface area contributed by atoms with Crippen molar-refractivity contribution in [3.05, 3.63) is 0 Å². The standard InChI is InChI=1S/C5H8.CH2O3/c1-3-5-4-2;2-1(3)4/h3H2,1-2H3;(H2,2,3,4). The Hall–Kier alpha value is -1.17. The molecule has 0 bridgehead atoms. The van der Waals surface area contributed by atoms with Gasteiger partial charge in [-0.3, -0.25) is 0 Å². The summed E-state index contributed by atoms with van der Waals surface area (Å²) in [7, 11) is 0. The molecule has 0 saturated heterocycles. The summed E-state index contributed by atoms with van der Waals surface area (Å²) >= 11 is 0. The lowest BCUT2D eigenvalue weighted by molar-refractivity contribution is 0.137. The molecule has 3 heteroatoms. The highest BCUT2D eigenvalue weighted by Crippen LogP contribution is 1.62. The summed E-state index contributed by atoms with van der Waals surface area (Å²) in [6, 6.07) is 0. The SMILES string of the molecule is CC#CCC.O=C(O)O. The maximum absolute atomic E-state index is 8.56. The maximum atomic E-state index is 8.56. The van der Waals surface area contributed by atoms with Crippen LogP contribution in [-0.4, -0.2) is 16.4 Å². The van der Waals surface area contributed by atoms with Crippen LogP contribution in [0.15, 0.2) is 0 Å². The topological polar surface area (TPSA) is 57.5 Å². The van der Waals surface area contributed by atoms with E-state index in [0.717, 1.165) is 6.42 Å². The predicted octanol–water partition coefficient (Wildman–Crippen LogP) is 1.64. The lowest BCUT2D eigenvalue weighted by Gasteiger charge is -1.60. The van der Waals surface area contributed by atoms with E-state index in [-0.39, 0.29) is 0 Å². The zero-order chi connectivity index (χ0) is 7.70. The Balaban J connectivity index is 0. The maximum Gasteiger partial charge on any atom is 0.503 e. The largest absolute Gasteiger partial charge is 0.503 e. The highest BCUT2D eigenvalue weighted by atomic mass is 16.6. The van der Waals surface area contributed by atoms with Gasteiger partial charge in [0.1, 0.15) is 0 Å². The second-order valence-corrected chi connectivity index (χ2v) is 1.06. The lowest BCUT2D eigenvalue weighted by Crippen LogP contribution is -1.81. The zero-order valence-electron chi connectivity index (χ0n) is 5.51. The minimum absolute atomic E-state index is 0.983. The monoisotopic (exact) mass is 130 g/mol. The number of rotatable bonds is 0. The highest BCUT2D eigenvalue weighted by Gasteiger charge is 1.70. The van der Waals surface area contributed by atoms with Gasteiger partial charge in [-0.1, -0.05) is 6.92 Å². The van der Waals surface area contributed by atoms with Crippen LogP contribution >= 0.6 is 0 Å². The molecule has 9 heavy (non-hydrogen) atoms.